The summed E-state index contributed by atoms with van der Waals surface area (Å²) < 4.78 is 23.1. The van der Waals surface area contributed by atoms with E-state index in [1.807, 2.05) is 0 Å². The molecule has 20 heavy (non-hydrogen) atoms. The number of aliphatic hydroxyl groups excluding tert-OH is 1. The molecular weight excluding hydrogens is 280 g/mol. The summed E-state index contributed by atoms with van der Waals surface area (Å²) in [5, 5.41) is 11.7. The van der Waals surface area contributed by atoms with Crippen LogP contribution in [0.15, 0.2) is 23.1 Å². The van der Waals surface area contributed by atoms with Gasteiger partial charge in [0.15, 0.2) is 9.84 Å². The molecule has 1 amide bonds. The molecule has 7 heteroatoms. The van der Waals surface area contributed by atoms with Gasteiger partial charge in [0.05, 0.1) is 4.90 Å². The van der Waals surface area contributed by atoms with Gasteiger partial charge >= 0.3 is 0 Å². The Bertz CT molecular complexity index is 609. The number of aliphatic hydroxyl groups is 1. The van der Waals surface area contributed by atoms with E-state index in [2.05, 4.69) is 5.32 Å². The molecule has 112 valence electrons. The molecule has 0 saturated heterocycles. The Morgan fingerprint density at radius 1 is 1.35 bits per heavy atom. The van der Waals surface area contributed by atoms with Crippen LogP contribution in [0.2, 0.25) is 0 Å². The van der Waals surface area contributed by atoms with E-state index in [4.69, 9.17) is 10.8 Å². The molecule has 1 aromatic rings. The highest BCUT2D eigenvalue weighted by Gasteiger charge is 2.21. The van der Waals surface area contributed by atoms with E-state index >= 15 is 0 Å². The molecule has 0 unspecified atom stereocenters. The lowest BCUT2D eigenvalue weighted by Crippen LogP contribution is -2.44. The van der Waals surface area contributed by atoms with Crippen LogP contribution in [0.1, 0.15) is 30.6 Å². The molecule has 0 aliphatic carbocycles. The van der Waals surface area contributed by atoms with E-state index < -0.39 is 21.3 Å². The third-order valence-corrected chi connectivity index (χ3v) is 3.90. The zero-order valence-electron chi connectivity index (χ0n) is 11.8. The van der Waals surface area contributed by atoms with E-state index in [0.717, 1.165) is 6.26 Å². The monoisotopic (exact) mass is 300 g/mol. The number of hydrogen-bond acceptors (Lipinski definition) is 5. The molecule has 6 nitrogen and oxygen atoms in total. The maximum Gasteiger partial charge on any atom is 0.251 e. The summed E-state index contributed by atoms with van der Waals surface area (Å²) in [6.45, 7) is 3.48. The zero-order chi connectivity index (χ0) is 15.6. The molecule has 0 aliphatic rings. The van der Waals surface area contributed by atoms with Crippen LogP contribution in [0.4, 0.5) is 5.69 Å². The van der Waals surface area contributed by atoms with Gasteiger partial charge < -0.3 is 16.2 Å². The topological polar surface area (TPSA) is 109 Å². The minimum Gasteiger partial charge on any atom is -0.399 e. The Labute approximate surface area is 118 Å². The van der Waals surface area contributed by atoms with Crippen LogP contribution >= 0.6 is 0 Å². The van der Waals surface area contributed by atoms with Crippen molar-refractivity contribution >= 4 is 21.4 Å². The zero-order valence-corrected chi connectivity index (χ0v) is 12.6. The van der Waals surface area contributed by atoms with Gasteiger partial charge in [-0.1, -0.05) is 0 Å². The quantitative estimate of drug-likeness (QED) is 0.688. The first-order valence-electron chi connectivity index (χ1n) is 6.09. The van der Waals surface area contributed by atoms with Crippen molar-refractivity contribution in [3.63, 3.8) is 0 Å². The molecule has 0 spiro atoms. The van der Waals surface area contributed by atoms with Crippen LogP contribution in [0.3, 0.4) is 0 Å². The van der Waals surface area contributed by atoms with Gasteiger partial charge in [-0.3, -0.25) is 4.79 Å². The molecule has 0 saturated carbocycles. The highest BCUT2D eigenvalue weighted by molar-refractivity contribution is 7.90. The Morgan fingerprint density at radius 3 is 2.45 bits per heavy atom. The molecule has 0 heterocycles. The third kappa shape index (κ3) is 4.50. The van der Waals surface area contributed by atoms with Crippen molar-refractivity contribution in [1.29, 1.82) is 0 Å². The number of benzene rings is 1. The van der Waals surface area contributed by atoms with Crippen molar-refractivity contribution < 1.29 is 18.3 Å². The fourth-order valence-corrected chi connectivity index (χ4v) is 2.38. The number of hydrogen-bond donors (Lipinski definition) is 3. The molecule has 0 radical (unpaired) electrons. The largest absolute Gasteiger partial charge is 0.399 e. The first-order valence-corrected chi connectivity index (χ1v) is 7.98. The summed E-state index contributed by atoms with van der Waals surface area (Å²) in [6.07, 6.45) is 1.44. The van der Waals surface area contributed by atoms with Crippen molar-refractivity contribution in [3.8, 4) is 0 Å². The Morgan fingerprint density at radius 2 is 1.95 bits per heavy atom. The minimum atomic E-state index is -3.44. The molecule has 0 aromatic heterocycles. The van der Waals surface area contributed by atoms with Crippen LogP contribution in [0, 0.1) is 0 Å². The second-order valence-electron chi connectivity index (χ2n) is 5.37. The second-order valence-corrected chi connectivity index (χ2v) is 7.39. The van der Waals surface area contributed by atoms with E-state index in [0.29, 0.717) is 6.42 Å². The average Bonchev–Trinajstić information content (AvgIpc) is 2.26. The Kier molecular flexibility index (Phi) is 4.77. The molecule has 0 atom stereocenters. The lowest BCUT2D eigenvalue weighted by atomic mass is 10.0. The molecule has 0 fully saturated rings. The van der Waals surface area contributed by atoms with Crippen LogP contribution in [0.5, 0.6) is 0 Å². The predicted octanol–water partition coefficient (Wildman–Crippen LogP) is 0.563. The van der Waals surface area contributed by atoms with Crippen molar-refractivity contribution in [2.45, 2.75) is 30.7 Å². The highest BCUT2D eigenvalue weighted by atomic mass is 32.2. The summed E-state index contributed by atoms with van der Waals surface area (Å²) in [7, 11) is -3.44. The lowest BCUT2D eigenvalue weighted by molar-refractivity contribution is 0.0899. The standard InChI is InChI=1S/C13H20N2O4S/c1-13(2,4-5-16)15-12(17)9-6-10(14)8-11(7-9)20(3,18)19/h6-8,16H,4-5,14H2,1-3H3,(H,15,17). The number of amides is 1. The van der Waals surface area contributed by atoms with Crippen LogP contribution in [-0.4, -0.2) is 37.8 Å². The maximum atomic E-state index is 12.1. The van der Waals surface area contributed by atoms with Crippen molar-refractivity contribution in [1.82, 2.24) is 5.32 Å². The lowest BCUT2D eigenvalue weighted by Gasteiger charge is -2.25. The number of nitrogens with two attached hydrogens (primary N) is 1. The fourth-order valence-electron chi connectivity index (χ4n) is 1.69. The smallest absolute Gasteiger partial charge is 0.251 e. The van der Waals surface area contributed by atoms with Gasteiger partial charge in [0.2, 0.25) is 0 Å². The second kappa shape index (κ2) is 5.80. The van der Waals surface area contributed by atoms with Gasteiger partial charge in [-0.05, 0) is 38.5 Å². The molecule has 4 N–H and O–H groups in total. The van der Waals surface area contributed by atoms with Gasteiger partial charge in [0.1, 0.15) is 0 Å². The number of carbonyl (C=O) groups excluding carboxylic acids is 1. The van der Waals surface area contributed by atoms with E-state index in [-0.39, 0.29) is 22.8 Å². The Hall–Kier alpha value is -1.60. The summed E-state index contributed by atoms with van der Waals surface area (Å²) in [5.74, 6) is -0.430. The van der Waals surface area contributed by atoms with Gasteiger partial charge in [-0.2, -0.15) is 0 Å². The maximum absolute atomic E-state index is 12.1. The van der Waals surface area contributed by atoms with Gasteiger partial charge in [0.25, 0.3) is 5.91 Å². The molecule has 1 aromatic carbocycles. The summed E-state index contributed by atoms with van der Waals surface area (Å²) in [6, 6.07) is 4.01. The SMILES string of the molecule is CC(C)(CCO)NC(=O)c1cc(N)cc(S(C)(=O)=O)c1. The summed E-state index contributed by atoms with van der Waals surface area (Å²) >= 11 is 0. The van der Waals surface area contributed by atoms with E-state index in [1.165, 1.54) is 18.2 Å². The number of nitrogens with one attached hydrogen (secondary N) is 1. The molecular formula is C13H20N2O4S. The minimum absolute atomic E-state index is 0.00242. The number of rotatable bonds is 5. The van der Waals surface area contributed by atoms with Crippen LogP contribution < -0.4 is 11.1 Å². The average molecular weight is 300 g/mol. The van der Waals surface area contributed by atoms with E-state index in [9.17, 15) is 13.2 Å². The van der Waals surface area contributed by atoms with Crippen LogP contribution in [0.25, 0.3) is 0 Å². The number of nitrogen functional groups attached to an aromatic ring is 1. The first kappa shape index (κ1) is 16.5. The molecule has 0 aliphatic heterocycles. The van der Waals surface area contributed by atoms with Gasteiger partial charge in [-0.25, -0.2) is 8.42 Å². The third-order valence-electron chi connectivity index (χ3n) is 2.81. The van der Waals surface area contributed by atoms with Crippen molar-refractivity contribution in [2.24, 2.45) is 0 Å². The predicted molar refractivity (Wildman–Crippen MR) is 77.2 cm³/mol. The molecule has 1 rings (SSSR count). The van der Waals surface area contributed by atoms with Crippen LogP contribution in [-0.2, 0) is 9.84 Å². The number of carbonyl (C=O) groups is 1. The fraction of sp³-hybridized carbons (Fsp3) is 0.462. The Balaban J connectivity index is 3.09. The van der Waals surface area contributed by atoms with Crippen molar-refractivity contribution in [3.05, 3.63) is 23.8 Å². The number of sulfone groups is 1. The highest BCUT2D eigenvalue weighted by Crippen LogP contribution is 2.18. The van der Waals surface area contributed by atoms with Gasteiger partial charge in [0, 0.05) is 29.7 Å². The summed E-state index contributed by atoms with van der Waals surface area (Å²) in [4.78, 5) is 12.1. The number of anilines is 1. The molecule has 0 bridgehead atoms. The normalized spacial score (nSPS) is 12.2. The summed E-state index contributed by atoms with van der Waals surface area (Å²) in [5.41, 5.74) is 5.42. The van der Waals surface area contributed by atoms with Gasteiger partial charge in [-0.15, -0.1) is 0 Å². The first-order chi connectivity index (χ1) is 9.05. The van der Waals surface area contributed by atoms with Crippen molar-refractivity contribution in [2.75, 3.05) is 18.6 Å². The van der Waals surface area contributed by atoms with E-state index in [1.54, 1.807) is 13.8 Å².